The number of ether oxygens (including phenoxy) is 1. The summed E-state index contributed by atoms with van der Waals surface area (Å²) in [7, 11) is 3.08. The molecule has 0 aliphatic carbocycles. The van der Waals surface area contributed by atoms with Crippen molar-refractivity contribution in [1.29, 1.82) is 0 Å². The Balaban J connectivity index is 1.75. The molecule has 1 aliphatic heterocycles. The topological polar surface area (TPSA) is 91.4 Å². The molecule has 0 N–H and O–H groups in total. The lowest BCUT2D eigenvalue weighted by Crippen LogP contribution is -2.41. The number of esters is 1. The highest BCUT2D eigenvalue weighted by molar-refractivity contribution is 5.72. The van der Waals surface area contributed by atoms with Gasteiger partial charge in [0.2, 0.25) is 0 Å². The van der Waals surface area contributed by atoms with Crippen molar-refractivity contribution in [2.45, 2.75) is 26.3 Å². The number of piperidine rings is 1. The van der Waals surface area contributed by atoms with E-state index in [1.165, 1.54) is 11.6 Å². The molecule has 1 fully saturated rings. The zero-order valence-electron chi connectivity index (χ0n) is 15.5. The van der Waals surface area contributed by atoms with Gasteiger partial charge in [-0.1, -0.05) is 0 Å². The smallest absolute Gasteiger partial charge is 0.332 e. The number of hydrogen-bond acceptors (Lipinski definition) is 6. The van der Waals surface area contributed by atoms with Gasteiger partial charge in [0, 0.05) is 33.7 Å². The van der Waals surface area contributed by atoms with Crippen molar-refractivity contribution in [1.82, 2.24) is 23.6 Å². The minimum Gasteiger partial charge on any atom is -0.466 e. The fourth-order valence-electron chi connectivity index (χ4n) is 3.53. The van der Waals surface area contributed by atoms with Gasteiger partial charge >= 0.3 is 11.7 Å². The molecule has 9 nitrogen and oxygen atoms in total. The van der Waals surface area contributed by atoms with Gasteiger partial charge in [0.15, 0.2) is 11.2 Å². The maximum atomic E-state index is 12.5. The van der Waals surface area contributed by atoms with E-state index >= 15 is 0 Å². The van der Waals surface area contributed by atoms with Crippen molar-refractivity contribution >= 4 is 17.1 Å². The Bertz CT molecular complexity index is 926. The predicted octanol–water partition coefficient (Wildman–Crippen LogP) is -0.291. The molecular weight excluding hydrogens is 338 g/mol. The van der Waals surface area contributed by atoms with Crippen molar-refractivity contribution < 1.29 is 9.53 Å². The molecule has 2 aromatic heterocycles. The van der Waals surface area contributed by atoms with Gasteiger partial charge in [-0.3, -0.25) is 18.7 Å². The van der Waals surface area contributed by atoms with Crippen LogP contribution in [0.4, 0.5) is 0 Å². The third-order valence-corrected chi connectivity index (χ3v) is 5.00. The van der Waals surface area contributed by atoms with Crippen molar-refractivity contribution in [2.24, 2.45) is 20.0 Å². The van der Waals surface area contributed by atoms with Crippen molar-refractivity contribution in [2.75, 3.05) is 26.2 Å². The van der Waals surface area contributed by atoms with Crippen LogP contribution in [0.3, 0.4) is 0 Å². The first-order valence-electron chi connectivity index (χ1n) is 8.93. The van der Waals surface area contributed by atoms with Crippen LogP contribution in [-0.4, -0.2) is 55.8 Å². The Kier molecular flexibility index (Phi) is 5.26. The maximum absolute atomic E-state index is 12.5. The number of likely N-dealkylation sites (tertiary alicyclic amines) is 1. The zero-order valence-corrected chi connectivity index (χ0v) is 15.5. The van der Waals surface area contributed by atoms with Crippen LogP contribution in [0.1, 0.15) is 19.8 Å². The molecule has 26 heavy (non-hydrogen) atoms. The average Bonchev–Trinajstić information content (AvgIpc) is 3.07. The third kappa shape index (κ3) is 3.31. The fraction of sp³-hybridized carbons (Fsp3) is 0.647. The van der Waals surface area contributed by atoms with Gasteiger partial charge in [0.05, 0.1) is 18.9 Å². The Morgan fingerprint density at radius 2 is 2.04 bits per heavy atom. The van der Waals surface area contributed by atoms with Gasteiger partial charge in [-0.15, -0.1) is 0 Å². The minimum absolute atomic E-state index is 0.0862. The second kappa shape index (κ2) is 7.45. The summed E-state index contributed by atoms with van der Waals surface area (Å²) in [6, 6.07) is 0. The lowest BCUT2D eigenvalue weighted by atomic mass is 9.98. The van der Waals surface area contributed by atoms with Crippen LogP contribution in [0.2, 0.25) is 0 Å². The molecule has 0 amide bonds. The van der Waals surface area contributed by atoms with E-state index in [1.54, 1.807) is 17.9 Å². The minimum atomic E-state index is -0.388. The van der Waals surface area contributed by atoms with Crippen LogP contribution >= 0.6 is 0 Å². The summed E-state index contributed by atoms with van der Waals surface area (Å²) >= 11 is 0. The van der Waals surface area contributed by atoms with Gasteiger partial charge in [-0.25, -0.2) is 9.78 Å². The van der Waals surface area contributed by atoms with Crippen LogP contribution < -0.4 is 11.2 Å². The summed E-state index contributed by atoms with van der Waals surface area (Å²) in [6.07, 6.45) is 3.40. The standard InChI is InChI=1S/C17H25N5O4/c1-4-26-16(24)12-6-5-7-21(10-12)8-9-22-11-18-14-13(22)15(23)20(3)17(25)19(14)2/h11-12H,4-10H2,1-3H3. The molecule has 1 unspecified atom stereocenters. The maximum Gasteiger partial charge on any atom is 0.332 e. The molecule has 0 radical (unpaired) electrons. The van der Waals surface area contributed by atoms with E-state index in [0.29, 0.717) is 37.4 Å². The molecule has 0 spiro atoms. The molecule has 3 rings (SSSR count). The van der Waals surface area contributed by atoms with E-state index in [9.17, 15) is 14.4 Å². The number of imidazole rings is 1. The fourth-order valence-corrected chi connectivity index (χ4v) is 3.53. The van der Waals surface area contributed by atoms with E-state index in [0.717, 1.165) is 24.0 Å². The lowest BCUT2D eigenvalue weighted by molar-refractivity contribution is -0.149. The molecule has 1 aliphatic rings. The highest BCUT2D eigenvalue weighted by atomic mass is 16.5. The highest BCUT2D eigenvalue weighted by Crippen LogP contribution is 2.18. The molecule has 2 aromatic rings. The number of rotatable bonds is 5. The van der Waals surface area contributed by atoms with E-state index in [4.69, 9.17) is 4.74 Å². The molecule has 0 saturated carbocycles. The third-order valence-electron chi connectivity index (χ3n) is 5.00. The molecule has 142 valence electrons. The van der Waals surface area contributed by atoms with Crippen molar-refractivity contribution in [3.63, 3.8) is 0 Å². The largest absolute Gasteiger partial charge is 0.466 e. The van der Waals surface area contributed by atoms with Crippen LogP contribution in [0.25, 0.3) is 11.2 Å². The highest BCUT2D eigenvalue weighted by Gasteiger charge is 2.26. The van der Waals surface area contributed by atoms with Crippen molar-refractivity contribution in [3.8, 4) is 0 Å². The van der Waals surface area contributed by atoms with Gasteiger partial charge in [-0.2, -0.15) is 0 Å². The molecule has 9 heteroatoms. The normalized spacial score (nSPS) is 18.3. The quantitative estimate of drug-likeness (QED) is 0.678. The Labute approximate surface area is 150 Å². The monoisotopic (exact) mass is 363 g/mol. The Morgan fingerprint density at radius 3 is 2.77 bits per heavy atom. The van der Waals surface area contributed by atoms with Crippen LogP contribution in [-0.2, 0) is 30.2 Å². The molecule has 0 bridgehead atoms. The summed E-state index contributed by atoms with van der Waals surface area (Å²) in [5.41, 5.74) is 0.0828. The van der Waals surface area contributed by atoms with Crippen LogP contribution in [0.15, 0.2) is 15.9 Å². The van der Waals surface area contributed by atoms with E-state index in [-0.39, 0.29) is 23.1 Å². The van der Waals surface area contributed by atoms with E-state index in [2.05, 4.69) is 9.88 Å². The second-order valence-corrected chi connectivity index (χ2v) is 6.71. The van der Waals surface area contributed by atoms with E-state index < -0.39 is 0 Å². The summed E-state index contributed by atoms with van der Waals surface area (Å²) in [4.78, 5) is 42.9. The van der Waals surface area contributed by atoms with Gasteiger partial charge in [0.25, 0.3) is 5.56 Å². The van der Waals surface area contributed by atoms with Crippen LogP contribution in [0, 0.1) is 5.92 Å². The van der Waals surface area contributed by atoms with E-state index in [1.807, 2.05) is 6.92 Å². The number of aromatic nitrogens is 4. The predicted molar refractivity (Wildman–Crippen MR) is 96.0 cm³/mol. The summed E-state index contributed by atoms with van der Waals surface area (Å²) in [6.45, 7) is 5.07. The average molecular weight is 363 g/mol. The first-order chi connectivity index (χ1) is 12.4. The number of hydrogen-bond donors (Lipinski definition) is 0. The molecule has 1 atom stereocenters. The summed E-state index contributed by atoms with van der Waals surface area (Å²) in [5.74, 6) is -0.217. The molecule has 3 heterocycles. The van der Waals surface area contributed by atoms with Gasteiger partial charge < -0.3 is 14.2 Å². The number of carbonyl (C=O) groups is 1. The van der Waals surface area contributed by atoms with Crippen molar-refractivity contribution in [3.05, 3.63) is 27.2 Å². The lowest BCUT2D eigenvalue weighted by Gasteiger charge is -2.31. The Hall–Kier alpha value is -2.42. The first-order valence-corrected chi connectivity index (χ1v) is 8.93. The summed E-state index contributed by atoms with van der Waals surface area (Å²) < 4.78 is 9.39. The SMILES string of the molecule is CCOC(=O)C1CCCN(CCn2cnc3c2c(=O)n(C)c(=O)n3C)C1. The molecular formula is C17H25N5O4. The zero-order chi connectivity index (χ0) is 18.8. The molecule has 1 saturated heterocycles. The second-order valence-electron chi connectivity index (χ2n) is 6.71. The van der Waals surface area contributed by atoms with Crippen LogP contribution in [0.5, 0.6) is 0 Å². The number of fused-ring (bicyclic) bond motifs is 1. The molecule has 0 aromatic carbocycles. The van der Waals surface area contributed by atoms with Gasteiger partial charge in [0.1, 0.15) is 0 Å². The van der Waals surface area contributed by atoms with Gasteiger partial charge in [-0.05, 0) is 26.3 Å². The number of carbonyl (C=O) groups excluding carboxylic acids is 1. The Morgan fingerprint density at radius 1 is 1.27 bits per heavy atom. The number of nitrogens with zero attached hydrogens (tertiary/aromatic N) is 5. The summed E-state index contributed by atoms with van der Waals surface area (Å²) in [5, 5.41) is 0. The first kappa shape index (κ1) is 18.4. The number of aryl methyl sites for hydroxylation is 1.